The van der Waals surface area contributed by atoms with Crippen LogP contribution in [0.15, 0.2) is 12.1 Å². The lowest BCUT2D eigenvalue weighted by atomic mass is 9.84. The average molecular weight is 1080 g/mol. The highest BCUT2D eigenvalue weighted by Crippen LogP contribution is 2.64. The lowest BCUT2D eigenvalue weighted by Gasteiger charge is -2.42. The molecule has 0 bridgehead atoms. The van der Waals surface area contributed by atoms with Gasteiger partial charge in [-0.15, -0.1) is 0 Å². The van der Waals surface area contributed by atoms with Crippen molar-refractivity contribution in [3.63, 3.8) is 0 Å². The fraction of sp³-hybridized carbons (Fsp3) is 0.650. The van der Waals surface area contributed by atoms with E-state index < -0.39 is 114 Å². The molecular formula is C40H39F17N2O13. The van der Waals surface area contributed by atoms with Gasteiger partial charge in [0.15, 0.2) is 0 Å². The van der Waals surface area contributed by atoms with Crippen molar-refractivity contribution >= 4 is 29.3 Å². The minimum absolute atomic E-state index is 0.00491. The van der Waals surface area contributed by atoms with Crippen molar-refractivity contribution in [3.8, 4) is 11.3 Å². The van der Waals surface area contributed by atoms with Crippen LogP contribution in [0.25, 0.3) is 11.3 Å². The van der Waals surface area contributed by atoms with E-state index in [-0.39, 0.29) is 106 Å². The number of halogens is 17. The number of rotatable bonds is 28. The van der Waals surface area contributed by atoms with Gasteiger partial charge in [0.2, 0.25) is 11.6 Å². The molecule has 72 heavy (non-hydrogen) atoms. The number of ketones is 3. The molecule has 1 N–H and O–H groups in total. The third kappa shape index (κ3) is 11.1. The Balaban J connectivity index is 1.13. The summed E-state index contributed by atoms with van der Waals surface area (Å²) in [7, 11) is 2.17. The Morgan fingerprint density at radius 1 is 0.625 bits per heavy atom. The minimum atomic E-state index is -8.73. The minimum Gasteiger partial charge on any atom is -0.465 e. The fourth-order valence-corrected chi connectivity index (χ4v) is 6.68. The number of pyridine rings is 1. The summed E-state index contributed by atoms with van der Waals surface area (Å²) < 4.78 is 270. The van der Waals surface area contributed by atoms with Crippen LogP contribution in [0.3, 0.4) is 0 Å². The van der Waals surface area contributed by atoms with Gasteiger partial charge in [-0.25, -0.2) is 14.6 Å². The maximum Gasteiger partial charge on any atom is 0.460 e. The molecule has 0 amide bonds. The second kappa shape index (κ2) is 22.2. The number of unbranched alkanes of at least 4 members (excludes halogenated alkanes) is 1. The number of alkyl halides is 17. The van der Waals surface area contributed by atoms with E-state index in [9.17, 15) is 98.6 Å². The van der Waals surface area contributed by atoms with Crippen LogP contribution in [0.2, 0.25) is 0 Å². The predicted molar refractivity (Wildman–Crippen MR) is 201 cm³/mol. The van der Waals surface area contributed by atoms with E-state index >= 15 is 0 Å². The molecule has 4 rings (SSSR count). The Hall–Kier alpha value is -5.05. The molecule has 15 nitrogen and oxygen atoms in total. The summed E-state index contributed by atoms with van der Waals surface area (Å²) in [6, 6.07) is 2.35. The van der Waals surface area contributed by atoms with Crippen molar-refractivity contribution in [1.82, 2.24) is 9.97 Å². The predicted octanol–water partition coefficient (Wildman–Crippen LogP) is 7.82. The molecule has 0 atom stereocenters. The van der Waals surface area contributed by atoms with Crippen LogP contribution in [-0.4, -0.2) is 167 Å². The van der Waals surface area contributed by atoms with Gasteiger partial charge in [-0.3, -0.25) is 14.4 Å². The molecule has 0 aromatic carbocycles. The van der Waals surface area contributed by atoms with E-state index in [4.69, 9.17) is 37.9 Å². The molecule has 2 aromatic heterocycles. The molecule has 1 saturated heterocycles. The van der Waals surface area contributed by atoms with Gasteiger partial charge in [-0.1, -0.05) is 0 Å². The summed E-state index contributed by atoms with van der Waals surface area (Å²) >= 11 is 0. The number of hydrogen-bond acceptors (Lipinski definition) is 14. The Bertz CT molecular complexity index is 2300. The topological polar surface area (TPSA) is 188 Å². The van der Waals surface area contributed by atoms with Crippen molar-refractivity contribution < 1.29 is 137 Å². The van der Waals surface area contributed by atoms with Gasteiger partial charge < -0.3 is 42.9 Å². The Morgan fingerprint density at radius 2 is 1.11 bits per heavy atom. The van der Waals surface area contributed by atoms with Crippen LogP contribution < -0.4 is 0 Å². The SMILES string of the molecule is COC(=O)c1cc2c([nH]1)-c1c(C(=O)OC)cc(C(=O)COCCOCCOCCOCCCCC(=O)CCC(F)(F)C(F)(F)C(F)(F)C(F)(F)C(F)(F)C(F)(F)C(F)(F)C(F)(F)F)nc1C(=O)C21OCCO1. The normalized spacial score (nSPS) is 15.7. The van der Waals surface area contributed by atoms with E-state index in [2.05, 4.69) is 9.97 Å². The first-order chi connectivity index (χ1) is 33.2. The second-order valence-electron chi connectivity index (χ2n) is 15.3. The van der Waals surface area contributed by atoms with Gasteiger partial charge in [-0.05, 0) is 25.0 Å². The summed E-state index contributed by atoms with van der Waals surface area (Å²) in [6.45, 7) is -1.14. The molecule has 32 heteroatoms. The Kier molecular flexibility index (Phi) is 18.3. The number of H-pyrrole nitrogens is 1. The lowest BCUT2D eigenvalue weighted by molar-refractivity contribution is -0.461. The molecule has 1 spiro atoms. The molecule has 1 fully saturated rings. The molecule has 1 aliphatic carbocycles. The maximum atomic E-state index is 14.1. The second-order valence-corrected chi connectivity index (χ2v) is 15.3. The monoisotopic (exact) mass is 1080 g/mol. The van der Waals surface area contributed by atoms with E-state index in [1.807, 2.05) is 0 Å². The molecule has 2 aromatic rings. The number of carbonyl (C=O) groups excluding carboxylic acids is 5. The molecule has 0 saturated carbocycles. The number of hydrogen-bond donors (Lipinski definition) is 1. The lowest BCUT2D eigenvalue weighted by Crippen LogP contribution is -2.74. The highest BCUT2D eigenvalue weighted by molar-refractivity contribution is 6.15. The van der Waals surface area contributed by atoms with Crippen LogP contribution in [0.1, 0.15) is 79.5 Å². The first-order valence-electron chi connectivity index (χ1n) is 20.5. The van der Waals surface area contributed by atoms with Crippen LogP contribution in [-0.2, 0) is 48.5 Å². The fourth-order valence-electron chi connectivity index (χ4n) is 6.68. The standard InChI is InChI=1S/C40H39F17N2O13/c1-65-30(63)21-17-23(58-28-26(21)27-22(18-24(59-27)31(64)66-2)33(29(28)62)71-15-16-72-33)25(61)19-70-14-13-69-12-11-68-10-9-67-8-4-3-5-20(60)6-7-32(41,42)34(43,44)35(45,46)36(47,48)37(49,50)38(51,52)39(53,54)40(55,56)57/h17-18,59H,3-16,19H2,1-2H3. The highest BCUT2D eigenvalue weighted by Gasteiger charge is 2.95. The number of nitrogens with zero attached hydrogens (tertiary/aromatic N) is 1. The molecule has 0 radical (unpaired) electrons. The smallest absolute Gasteiger partial charge is 0.460 e. The van der Waals surface area contributed by atoms with Crippen LogP contribution in [0.4, 0.5) is 74.6 Å². The zero-order valence-electron chi connectivity index (χ0n) is 36.9. The van der Waals surface area contributed by atoms with Gasteiger partial charge in [0.05, 0.1) is 78.3 Å². The quantitative estimate of drug-likeness (QED) is 0.0376. The van der Waals surface area contributed by atoms with Crippen molar-refractivity contribution in [1.29, 1.82) is 0 Å². The zero-order chi connectivity index (χ0) is 54.5. The number of aromatic nitrogens is 2. The van der Waals surface area contributed by atoms with E-state index in [1.165, 1.54) is 6.07 Å². The average Bonchev–Trinajstić information content (AvgIpc) is 3.99. The number of Topliss-reactive ketones (excluding diaryl/α,β-unsaturated/α-hetero) is 3. The summed E-state index contributed by atoms with van der Waals surface area (Å²) in [5.41, 5.74) is -1.11. The molecule has 3 heterocycles. The van der Waals surface area contributed by atoms with Gasteiger partial charge in [-0.2, -0.15) is 74.6 Å². The summed E-state index contributed by atoms with van der Waals surface area (Å²) in [4.78, 5) is 71.2. The summed E-state index contributed by atoms with van der Waals surface area (Å²) in [6.07, 6.45) is -13.6. The number of esters is 2. The van der Waals surface area contributed by atoms with Crippen LogP contribution in [0, 0.1) is 0 Å². The van der Waals surface area contributed by atoms with E-state index in [1.54, 1.807) is 0 Å². The van der Waals surface area contributed by atoms with Gasteiger partial charge in [0, 0.05) is 37.0 Å². The van der Waals surface area contributed by atoms with Gasteiger partial charge >= 0.3 is 59.6 Å². The number of methoxy groups -OCH3 is 2. The van der Waals surface area contributed by atoms with Crippen molar-refractivity contribution in [2.45, 2.75) is 85.5 Å². The van der Waals surface area contributed by atoms with Crippen LogP contribution in [0.5, 0.6) is 0 Å². The number of aromatic amines is 1. The number of ether oxygens (including phenoxy) is 8. The Labute approximate surface area is 393 Å². The summed E-state index contributed by atoms with van der Waals surface area (Å²) in [5.74, 6) is -64.1. The van der Waals surface area contributed by atoms with Crippen molar-refractivity contribution in [2.75, 3.05) is 80.3 Å². The van der Waals surface area contributed by atoms with Gasteiger partial charge in [0.25, 0.3) is 5.79 Å². The third-order valence-corrected chi connectivity index (χ3v) is 10.6. The number of nitrogens with one attached hydrogen (secondary N) is 1. The van der Waals surface area contributed by atoms with E-state index in [0.717, 1.165) is 20.3 Å². The zero-order valence-corrected chi connectivity index (χ0v) is 36.9. The number of fused-ring (bicyclic) bond motifs is 4. The molecule has 0 unspecified atom stereocenters. The van der Waals surface area contributed by atoms with E-state index in [0.29, 0.717) is 0 Å². The first kappa shape index (κ1) is 59.5. The first-order valence-corrected chi connectivity index (χ1v) is 20.5. The number of carbonyl (C=O) groups is 5. The Morgan fingerprint density at radius 3 is 1.62 bits per heavy atom. The highest BCUT2D eigenvalue weighted by atomic mass is 19.4. The third-order valence-electron chi connectivity index (χ3n) is 10.6. The van der Waals surface area contributed by atoms with Crippen LogP contribution >= 0.6 is 0 Å². The maximum absolute atomic E-state index is 14.1. The molecule has 2 aliphatic rings. The molecular weight excluding hydrogens is 1040 g/mol. The van der Waals surface area contributed by atoms with Crippen molar-refractivity contribution in [2.24, 2.45) is 0 Å². The van der Waals surface area contributed by atoms with Crippen molar-refractivity contribution in [3.05, 3.63) is 40.3 Å². The molecule has 1 aliphatic heterocycles. The summed E-state index contributed by atoms with van der Waals surface area (Å²) in [5, 5.41) is 0. The largest absolute Gasteiger partial charge is 0.465 e. The molecule has 406 valence electrons. The van der Waals surface area contributed by atoms with Gasteiger partial charge in [0.1, 0.15) is 29.5 Å².